The lowest BCUT2D eigenvalue weighted by molar-refractivity contribution is -0.135. The minimum absolute atomic E-state index is 0.0744. The highest BCUT2D eigenvalue weighted by molar-refractivity contribution is 7.91. The van der Waals surface area contributed by atoms with Crippen molar-refractivity contribution in [3.63, 3.8) is 0 Å². The fourth-order valence-corrected chi connectivity index (χ4v) is 5.40. The quantitative estimate of drug-likeness (QED) is 0.759. The Labute approximate surface area is 159 Å². The van der Waals surface area contributed by atoms with Crippen LogP contribution in [0.3, 0.4) is 0 Å². The fourth-order valence-electron chi connectivity index (χ4n) is 3.69. The van der Waals surface area contributed by atoms with E-state index in [-0.39, 0.29) is 36.1 Å². The summed E-state index contributed by atoms with van der Waals surface area (Å²) in [6.45, 7) is -0.0808. The minimum atomic E-state index is -3.02. The molecule has 27 heavy (non-hydrogen) atoms. The summed E-state index contributed by atoms with van der Waals surface area (Å²) in [6, 6.07) is 11.4. The van der Waals surface area contributed by atoms with Crippen LogP contribution in [0.15, 0.2) is 36.4 Å². The van der Waals surface area contributed by atoms with Crippen molar-refractivity contribution >= 4 is 26.5 Å². The fraction of sp³-hybridized carbons (Fsp3) is 0.450. The number of methoxy groups -OCH3 is 1. The standard InChI is InChI=1S/C20H23NO5S/c1-25-18-6-2-14-3-7-19(11-15(14)10-18)26-12-20(22)21(16-4-5-16)17-8-9-27(23,24)13-17/h2-3,6-7,10-11,16-17H,4-5,8-9,12-13H2,1H3/t17-/m0/s1. The Morgan fingerprint density at radius 1 is 1.04 bits per heavy atom. The van der Waals surface area contributed by atoms with Gasteiger partial charge in [-0.1, -0.05) is 12.1 Å². The van der Waals surface area contributed by atoms with E-state index in [9.17, 15) is 13.2 Å². The molecule has 7 heteroatoms. The summed E-state index contributed by atoms with van der Waals surface area (Å²) in [7, 11) is -1.40. The summed E-state index contributed by atoms with van der Waals surface area (Å²) in [6.07, 6.45) is 2.41. The third kappa shape index (κ3) is 4.03. The maximum Gasteiger partial charge on any atom is 0.261 e. The van der Waals surface area contributed by atoms with E-state index in [4.69, 9.17) is 9.47 Å². The van der Waals surface area contributed by atoms with Gasteiger partial charge >= 0.3 is 0 Å². The molecule has 2 aromatic carbocycles. The molecule has 1 aliphatic heterocycles. The van der Waals surface area contributed by atoms with Crippen LogP contribution in [0.25, 0.3) is 10.8 Å². The lowest BCUT2D eigenvalue weighted by Crippen LogP contribution is -2.45. The molecule has 1 heterocycles. The predicted molar refractivity (Wildman–Crippen MR) is 103 cm³/mol. The minimum Gasteiger partial charge on any atom is -0.497 e. The van der Waals surface area contributed by atoms with E-state index in [1.807, 2.05) is 36.4 Å². The molecule has 2 aromatic rings. The summed E-state index contributed by atoms with van der Waals surface area (Å²) < 4.78 is 34.6. The van der Waals surface area contributed by atoms with Gasteiger partial charge in [0.1, 0.15) is 11.5 Å². The Morgan fingerprint density at radius 3 is 2.37 bits per heavy atom. The molecule has 1 amide bonds. The smallest absolute Gasteiger partial charge is 0.261 e. The van der Waals surface area contributed by atoms with Gasteiger partial charge in [0.25, 0.3) is 5.91 Å². The van der Waals surface area contributed by atoms with Crippen LogP contribution in [0.4, 0.5) is 0 Å². The molecular weight excluding hydrogens is 366 g/mol. The lowest BCUT2D eigenvalue weighted by Gasteiger charge is -2.28. The highest BCUT2D eigenvalue weighted by atomic mass is 32.2. The Morgan fingerprint density at radius 2 is 1.74 bits per heavy atom. The van der Waals surface area contributed by atoms with Crippen molar-refractivity contribution in [3.8, 4) is 11.5 Å². The number of ether oxygens (including phenoxy) is 2. The number of hydrogen-bond acceptors (Lipinski definition) is 5. The number of sulfone groups is 1. The summed E-state index contributed by atoms with van der Waals surface area (Å²) in [5.41, 5.74) is 0. The molecule has 0 N–H and O–H groups in total. The van der Waals surface area contributed by atoms with Gasteiger partial charge < -0.3 is 14.4 Å². The van der Waals surface area contributed by atoms with E-state index in [0.717, 1.165) is 29.4 Å². The topological polar surface area (TPSA) is 72.9 Å². The average Bonchev–Trinajstić information content (AvgIpc) is 3.42. The molecule has 144 valence electrons. The zero-order valence-electron chi connectivity index (χ0n) is 15.3. The summed E-state index contributed by atoms with van der Waals surface area (Å²) in [5, 5.41) is 2.03. The van der Waals surface area contributed by atoms with Gasteiger partial charge in [-0.25, -0.2) is 8.42 Å². The van der Waals surface area contributed by atoms with Crippen LogP contribution in [0.2, 0.25) is 0 Å². The van der Waals surface area contributed by atoms with Crippen molar-refractivity contribution in [1.29, 1.82) is 0 Å². The number of nitrogens with zero attached hydrogens (tertiary/aromatic N) is 1. The Balaban J connectivity index is 1.45. The van der Waals surface area contributed by atoms with Gasteiger partial charge in [-0.05, 0) is 54.3 Å². The normalized spacial score (nSPS) is 21.1. The van der Waals surface area contributed by atoms with Crippen molar-refractivity contribution in [2.45, 2.75) is 31.3 Å². The molecule has 1 atom stereocenters. The number of rotatable bonds is 6. The zero-order valence-corrected chi connectivity index (χ0v) is 16.1. The largest absolute Gasteiger partial charge is 0.497 e. The van der Waals surface area contributed by atoms with Gasteiger partial charge in [-0.15, -0.1) is 0 Å². The molecule has 2 aliphatic rings. The predicted octanol–water partition coefficient (Wildman–Crippen LogP) is 2.41. The molecule has 1 saturated heterocycles. The molecule has 1 saturated carbocycles. The first kappa shape index (κ1) is 18.1. The first-order valence-corrected chi connectivity index (χ1v) is 11.0. The van der Waals surface area contributed by atoms with Crippen molar-refractivity contribution < 1.29 is 22.7 Å². The number of benzene rings is 2. The second-order valence-electron chi connectivity index (χ2n) is 7.25. The number of fused-ring (bicyclic) bond motifs is 1. The third-order valence-electron chi connectivity index (χ3n) is 5.21. The number of carbonyl (C=O) groups is 1. The molecule has 0 spiro atoms. The molecule has 4 rings (SSSR count). The molecule has 0 unspecified atom stereocenters. The van der Waals surface area contributed by atoms with Gasteiger partial charge in [-0.3, -0.25) is 4.79 Å². The first-order valence-electron chi connectivity index (χ1n) is 9.17. The SMILES string of the molecule is COc1ccc2ccc(OCC(=O)N(C3CC3)[C@H]3CCS(=O)(=O)C3)cc2c1. The van der Waals surface area contributed by atoms with Gasteiger partial charge in [0, 0.05) is 12.1 Å². The number of amides is 1. The zero-order chi connectivity index (χ0) is 19.0. The third-order valence-corrected chi connectivity index (χ3v) is 6.96. The van der Waals surface area contributed by atoms with Crippen LogP contribution in [-0.2, 0) is 14.6 Å². The molecular formula is C20H23NO5S. The molecule has 0 aromatic heterocycles. The molecule has 1 aliphatic carbocycles. The van der Waals surface area contributed by atoms with Crippen LogP contribution < -0.4 is 9.47 Å². The number of hydrogen-bond donors (Lipinski definition) is 0. The van der Waals surface area contributed by atoms with Crippen LogP contribution in [0.1, 0.15) is 19.3 Å². The molecule has 6 nitrogen and oxygen atoms in total. The first-order chi connectivity index (χ1) is 12.9. The van der Waals surface area contributed by atoms with Crippen LogP contribution in [0, 0.1) is 0 Å². The van der Waals surface area contributed by atoms with Crippen molar-refractivity contribution in [3.05, 3.63) is 36.4 Å². The van der Waals surface area contributed by atoms with Crippen LogP contribution >= 0.6 is 0 Å². The van der Waals surface area contributed by atoms with Gasteiger partial charge in [-0.2, -0.15) is 0 Å². The Bertz CT molecular complexity index is 967. The van der Waals surface area contributed by atoms with E-state index < -0.39 is 9.84 Å². The highest BCUT2D eigenvalue weighted by Crippen LogP contribution is 2.32. The lowest BCUT2D eigenvalue weighted by atomic mass is 10.1. The van der Waals surface area contributed by atoms with Crippen molar-refractivity contribution in [2.75, 3.05) is 25.2 Å². The monoisotopic (exact) mass is 389 g/mol. The van der Waals surface area contributed by atoms with Crippen molar-refractivity contribution in [1.82, 2.24) is 4.90 Å². The molecule has 0 radical (unpaired) electrons. The van der Waals surface area contributed by atoms with E-state index in [0.29, 0.717) is 12.2 Å². The van der Waals surface area contributed by atoms with E-state index in [1.165, 1.54) is 0 Å². The molecule has 2 fully saturated rings. The van der Waals surface area contributed by atoms with Gasteiger partial charge in [0.15, 0.2) is 16.4 Å². The Hall–Kier alpha value is -2.28. The van der Waals surface area contributed by atoms with Crippen LogP contribution in [-0.4, -0.2) is 56.5 Å². The number of carbonyl (C=O) groups excluding carboxylic acids is 1. The maximum absolute atomic E-state index is 12.7. The van der Waals surface area contributed by atoms with Gasteiger partial charge in [0.2, 0.25) is 0 Å². The van der Waals surface area contributed by atoms with E-state index in [2.05, 4.69) is 0 Å². The maximum atomic E-state index is 12.7. The molecule has 0 bridgehead atoms. The van der Waals surface area contributed by atoms with Gasteiger partial charge in [0.05, 0.1) is 18.6 Å². The second-order valence-corrected chi connectivity index (χ2v) is 9.48. The summed E-state index contributed by atoms with van der Waals surface area (Å²) in [5.74, 6) is 1.48. The Kier molecular flexibility index (Phi) is 4.72. The van der Waals surface area contributed by atoms with Crippen molar-refractivity contribution in [2.24, 2.45) is 0 Å². The second kappa shape index (κ2) is 7.03. The summed E-state index contributed by atoms with van der Waals surface area (Å²) >= 11 is 0. The van der Waals surface area contributed by atoms with Crippen LogP contribution in [0.5, 0.6) is 11.5 Å². The average molecular weight is 389 g/mol. The van der Waals surface area contributed by atoms with E-state index >= 15 is 0 Å². The van der Waals surface area contributed by atoms with E-state index in [1.54, 1.807) is 12.0 Å². The summed E-state index contributed by atoms with van der Waals surface area (Å²) in [4.78, 5) is 14.5. The highest BCUT2D eigenvalue weighted by Gasteiger charge is 2.42.